The van der Waals surface area contributed by atoms with E-state index in [0.29, 0.717) is 86.7 Å². The number of nitrogens with two attached hydrogens (primary N) is 1. The molecular formula is C92H118ClN23O16. The number of aromatic nitrogens is 10. The molecule has 0 saturated carbocycles. The second kappa shape index (κ2) is 48.5. The van der Waals surface area contributed by atoms with E-state index in [9.17, 15) is 43.2 Å². The number of carbonyl (C=O) groups is 9. The van der Waals surface area contributed by atoms with Gasteiger partial charge < -0.3 is 94.8 Å². The van der Waals surface area contributed by atoms with Crippen molar-refractivity contribution in [3.05, 3.63) is 191 Å². The first-order chi connectivity index (χ1) is 62.8. The van der Waals surface area contributed by atoms with E-state index in [4.69, 9.17) is 41.4 Å². The minimum Gasteiger partial charge on any atom is -0.476 e. The maximum absolute atomic E-state index is 13.0. The highest BCUT2D eigenvalue weighted by Gasteiger charge is 2.31. The third-order valence-corrected chi connectivity index (χ3v) is 19.7. The fourth-order valence-electron chi connectivity index (χ4n) is 13.0. The second-order valence-electron chi connectivity index (χ2n) is 34.4. The van der Waals surface area contributed by atoms with E-state index >= 15 is 0 Å². The number of carboxylic acid groups (broad SMARTS) is 1. The third kappa shape index (κ3) is 33.5. The van der Waals surface area contributed by atoms with Gasteiger partial charge in [0.2, 0.25) is 0 Å². The van der Waals surface area contributed by atoms with Gasteiger partial charge in [0.15, 0.2) is 56.9 Å². The van der Waals surface area contributed by atoms with Crippen LogP contribution in [0.1, 0.15) is 155 Å². The first kappa shape index (κ1) is 102. The average Bonchev–Trinajstić information content (AvgIpc) is 0.809. The number of nitrogen functional groups attached to an aromatic ring is 1. The number of nitrogens with one attached hydrogen (secondary N) is 5. The molecule has 14 rings (SSSR count). The average molecular weight is 1840 g/mol. The van der Waals surface area contributed by atoms with Crippen molar-refractivity contribution < 1.29 is 76.7 Å². The molecule has 0 unspecified atom stereocenters. The Morgan fingerprint density at radius 1 is 0.348 bits per heavy atom. The van der Waals surface area contributed by atoms with Gasteiger partial charge in [-0.1, -0.05) is 84.4 Å². The molecule has 5 aromatic heterocycles. The number of anilines is 8. The van der Waals surface area contributed by atoms with Gasteiger partial charge in [0.05, 0.1) is 37.0 Å². The van der Waals surface area contributed by atoms with Crippen molar-refractivity contribution in [2.24, 2.45) is 0 Å². The van der Waals surface area contributed by atoms with Crippen LogP contribution in [0.5, 0.6) is 0 Å². The van der Waals surface area contributed by atoms with Gasteiger partial charge in [0, 0.05) is 118 Å². The number of hydrogen-bond acceptors (Lipinski definition) is 32. The first-order valence-corrected chi connectivity index (χ1v) is 43.5. The molecule has 704 valence electrons. The van der Waals surface area contributed by atoms with Gasteiger partial charge in [-0.25, -0.2) is 33.6 Å². The van der Waals surface area contributed by atoms with Gasteiger partial charge in [-0.2, -0.15) is 0 Å². The van der Waals surface area contributed by atoms with Crippen LogP contribution in [0.3, 0.4) is 0 Å². The van der Waals surface area contributed by atoms with Crippen molar-refractivity contribution >= 4 is 112 Å². The number of amides is 6. The summed E-state index contributed by atoms with van der Waals surface area (Å²) >= 11 is 5.43. The Morgan fingerprint density at radius 2 is 0.697 bits per heavy atom. The number of hydrogen-bond donors (Lipinski definition) is 7. The molecule has 5 saturated heterocycles. The van der Waals surface area contributed by atoms with E-state index in [1.54, 1.807) is 77.9 Å². The zero-order valence-electron chi connectivity index (χ0n) is 77.0. The third-order valence-electron chi connectivity index (χ3n) is 19.5. The number of ether oxygens (including phenoxy) is 6. The topological polar surface area (TPSA) is 467 Å². The lowest BCUT2D eigenvalue weighted by Crippen LogP contribution is -2.50. The molecule has 6 amide bonds. The highest BCUT2D eigenvalue weighted by atomic mass is 35.5. The molecule has 10 heterocycles. The van der Waals surface area contributed by atoms with Crippen LogP contribution in [-0.4, -0.2) is 279 Å². The van der Waals surface area contributed by atoms with Gasteiger partial charge in [-0.05, 0) is 210 Å². The Morgan fingerprint density at radius 3 is 1.08 bits per heavy atom. The van der Waals surface area contributed by atoms with E-state index in [1.807, 2.05) is 169 Å². The largest absolute Gasteiger partial charge is 0.476 e. The monoisotopic (exact) mass is 1840 g/mol. The molecule has 39 nitrogen and oxygen atoms in total. The number of piperidine rings is 1. The van der Waals surface area contributed by atoms with E-state index in [-0.39, 0.29) is 63.4 Å². The van der Waals surface area contributed by atoms with E-state index in [2.05, 4.69) is 96.8 Å². The summed E-state index contributed by atoms with van der Waals surface area (Å²) in [6.07, 6.45) is 2.07. The summed E-state index contributed by atoms with van der Waals surface area (Å²) in [7, 11) is 2.58. The van der Waals surface area contributed by atoms with Gasteiger partial charge >= 0.3 is 42.3 Å². The number of esters is 2. The molecule has 5 aliphatic rings. The first-order valence-electron chi connectivity index (χ1n) is 43.1. The number of methoxy groups -OCH3 is 2. The van der Waals surface area contributed by atoms with Gasteiger partial charge in [0.25, 0.3) is 11.8 Å². The van der Waals surface area contributed by atoms with Crippen LogP contribution >= 0.6 is 11.6 Å². The number of carbonyl (C=O) groups excluding carboxylic acids is 8. The predicted octanol–water partition coefficient (Wildman–Crippen LogP) is 12.4. The van der Waals surface area contributed by atoms with Crippen LogP contribution in [0.15, 0.2) is 158 Å². The van der Waals surface area contributed by atoms with Crippen molar-refractivity contribution in [1.82, 2.24) is 76.3 Å². The van der Waals surface area contributed by atoms with Crippen LogP contribution in [0.25, 0.3) is 22.3 Å². The van der Waals surface area contributed by atoms with Crippen molar-refractivity contribution in [2.75, 3.05) is 173 Å². The lowest BCUT2D eigenvalue weighted by atomic mass is 10.0. The highest BCUT2D eigenvalue weighted by molar-refractivity contribution is 6.29. The van der Waals surface area contributed by atoms with Crippen molar-refractivity contribution in [3.63, 3.8) is 0 Å². The molecule has 5 fully saturated rings. The maximum atomic E-state index is 13.0. The number of rotatable bonds is 14. The minimum absolute atomic E-state index is 0.0869. The fourth-order valence-corrected chi connectivity index (χ4v) is 13.1. The summed E-state index contributed by atoms with van der Waals surface area (Å²) in [6.45, 7) is 35.4. The minimum atomic E-state index is -1.10. The Balaban J connectivity index is 0.000000185. The molecule has 4 aromatic carbocycles. The molecule has 5 aliphatic heterocycles. The Hall–Kier alpha value is -14.1. The lowest BCUT2D eigenvalue weighted by molar-refractivity contribution is 0.0221. The Bertz CT molecular complexity index is 5250. The summed E-state index contributed by atoms with van der Waals surface area (Å²) < 4.78 is 30.3. The van der Waals surface area contributed by atoms with Crippen LogP contribution in [0.2, 0.25) is 5.15 Å². The van der Waals surface area contributed by atoms with Crippen molar-refractivity contribution in [2.45, 2.75) is 125 Å². The number of benzene rings is 4. The summed E-state index contributed by atoms with van der Waals surface area (Å²) in [5.74, 6) is -0.0586. The summed E-state index contributed by atoms with van der Waals surface area (Å²) in [6, 6.07) is 47.0. The Kier molecular flexibility index (Phi) is 37.4. The number of piperazine rings is 4. The van der Waals surface area contributed by atoms with Crippen LogP contribution in [0.4, 0.5) is 65.2 Å². The lowest BCUT2D eigenvalue weighted by Gasteiger charge is -2.35. The van der Waals surface area contributed by atoms with Gasteiger partial charge in [-0.3, -0.25) is 14.9 Å². The highest BCUT2D eigenvalue weighted by Crippen LogP contribution is 2.32. The molecular weight excluding hydrogens is 1720 g/mol. The summed E-state index contributed by atoms with van der Waals surface area (Å²) in [5, 5.41) is 63.1. The fraction of sp³-hybridized carbons (Fsp3) is 0.424. The van der Waals surface area contributed by atoms with Crippen LogP contribution in [-0.2, 0) is 28.4 Å². The summed E-state index contributed by atoms with van der Waals surface area (Å²) in [5.41, 5.74) is 10.5. The number of halogens is 1. The van der Waals surface area contributed by atoms with Gasteiger partial charge in [0.1, 0.15) is 22.4 Å². The molecule has 9 aromatic rings. The molecule has 132 heavy (non-hydrogen) atoms. The zero-order valence-corrected chi connectivity index (χ0v) is 77.7. The SMILES string of the molecule is CC(C)(C)OC(=O)N1CCN(c2ccc(C(=O)O)nn2)CC1.CC(C)(C)OC(=O)N1CCNCC1.CC(C)(C)OC(=O)Nc1ccc(-c2ccccc2)cc1NC(=O)c1ccc(N2CCCCC2)nn1.COC(=O)c1ccc(Cl)nn1.COC(=O)c1ccc(N2CCN(C(=O)OC(C)(C)C)CC2)nn1.Nc1ccc(-c2ccccc2)cc1NC(=O)c1ccc(N2CCNCC2)nn1. The molecule has 40 heteroatoms. The summed E-state index contributed by atoms with van der Waals surface area (Å²) in [4.78, 5) is 120. The molecule has 0 spiro atoms. The molecule has 8 N–H and O–H groups in total. The van der Waals surface area contributed by atoms with E-state index < -0.39 is 46.7 Å². The Labute approximate surface area is 772 Å². The zero-order chi connectivity index (χ0) is 95.7. The number of aromatic carboxylic acids is 1. The van der Waals surface area contributed by atoms with E-state index in [0.717, 1.165) is 112 Å². The number of nitrogens with zero attached hydrogens (tertiary/aromatic N) is 17. The molecule has 0 radical (unpaired) electrons. The van der Waals surface area contributed by atoms with Gasteiger partial charge in [-0.15, -0.1) is 51.0 Å². The maximum Gasteiger partial charge on any atom is 0.412 e. The van der Waals surface area contributed by atoms with Crippen molar-refractivity contribution in [1.29, 1.82) is 0 Å². The van der Waals surface area contributed by atoms with Crippen molar-refractivity contribution in [3.8, 4) is 22.3 Å². The molecule has 0 bridgehead atoms. The second-order valence-corrected chi connectivity index (χ2v) is 34.8. The molecule has 0 atom stereocenters. The quantitative estimate of drug-likeness (QED) is 0.0302. The van der Waals surface area contributed by atoms with Crippen LogP contribution in [0, 0.1) is 0 Å². The number of carboxylic acids is 1. The smallest absolute Gasteiger partial charge is 0.412 e. The molecule has 0 aliphatic carbocycles. The normalized spacial score (nSPS) is 14.5. The van der Waals surface area contributed by atoms with E-state index in [1.165, 1.54) is 38.8 Å². The predicted molar refractivity (Wildman–Crippen MR) is 501 cm³/mol. The van der Waals surface area contributed by atoms with Crippen LogP contribution < -0.4 is 51.9 Å². The standard InChI is InChI=1S/C27H31N5O3.C21H22N6O.C15H22N4O4.C14H20N4O4.C9H18N2O2.C6H5ClN2O2/c1-27(2,3)35-26(34)29-21-13-12-20(19-10-6-4-7-11-19)18-23(21)28-25(33)22-14-15-24(31-30-22)32-16-8-5-9-17-32;22-17-7-6-16(15-4-2-1-3-5-15)14-19(17)24-21(28)18-8-9-20(26-25-18)27-12-10-23-11-13-27;1-15(2,3)23-14(21)19-9-7-18(8-10-19)12-6-5-11(16-17-12)13(20)22-4;1-14(2,3)22-13(21)18-8-6-17(7-9-18)11-5-4-10(12(19)20)15-16-11;1-9(2,3)13-8(12)11-6-4-10-5-7-11;1-11-6(10)4-2-3-5(7)9-8-4/h4,6-7,10-15,18H,5,8-9,16-17H2,1-3H3,(H,28,33)(H,29,34);1-9,14,23H,10-13,22H2,(H,24,28);5-6H,7-10H2,1-4H3;4-5H,6-9H2,1-3H3,(H,19,20);10H,4-7H2,1-3H3;2-3H,1H3.